The third kappa shape index (κ3) is 4.03. The fourth-order valence-electron chi connectivity index (χ4n) is 3.22. The van der Waals surface area contributed by atoms with E-state index in [1.54, 1.807) is 12.1 Å². The van der Waals surface area contributed by atoms with Gasteiger partial charge in [-0.25, -0.2) is 12.4 Å². The molecule has 0 spiro atoms. The molecule has 0 aliphatic rings. The van der Waals surface area contributed by atoms with Gasteiger partial charge < -0.3 is 0 Å². The van der Waals surface area contributed by atoms with Crippen molar-refractivity contribution in [3.05, 3.63) is 93.9 Å². The van der Waals surface area contributed by atoms with E-state index < -0.39 is 21.9 Å². The first kappa shape index (κ1) is 21.7. The molecule has 0 fully saturated rings. The van der Waals surface area contributed by atoms with E-state index in [0.29, 0.717) is 5.56 Å². The Morgan fingerprint density at radius 3 is 2.42 bits per heavy atom. The highest BCUT2D eigenvalue weighted by Gasteiger charge is 2.34. The van der Waals surface area contributed by atoms with Crippen LogP contribution >= 0.6 is 23.2 Å². The van der Waals surface area contributed by atoms with Crippen molar-refractivity contribution in [1.82, 2.24) is 8.96 Å². The lowest BCUT2D eigenvalue weighted by molar-refractivity contribution is -0.141. The van der Waals surface area contributed by atoms with Crippen LogP contribution in [0.1, 0.15) is 17.0 Å². The highest BCUT2D eigenvalue weighted by Crippen LogP contribution is 2.34. The summed E-state index contributed by atoms with van der Waals surface area (Å²) in [5.41, 5.74) is -0.753. The van der Waals surface area contributed by atoms with Crippen molar-refractivity contribution >= 4 is 44.1 Å². The zero-order valence-electron chi connectivity index (χ0n) is 15.5. The number of hydrogen-bond acceptors (Lipinski definition) is 3. The van der Waals surface area contributed by atoms with Crippen LogP contribution in [0.3, 0.4) is 0 Å². The summed E-state index contributed by atoms with van der Waals surface area (Å²) in [4.78, 5) is 3.36. The minimum atomic E-state index is -4.74. The maximum Gasteiger partial charge on any atom is 0.433 e. The molecule has 31 heavy (non-hydrogen) atoms. The topological polar surface area (TPSA) is 52.0 Å². The highest BCUT2D eigenvalue weighted by molar-refractivity contribution is 7.90. The molecule has 0 aliphatic heterocycles. The van der Waals surface area contributed by atoms with E-state index in [-0.39, 0.29) is 38.0 Å². The highest BCUT2D eigenvalue weighted by atomic mass is 35.5. The SMILES string of the molecule is O=S(=O)(c1ccccc1)n1c(Cc2c(Cl)[c]ccc2Cl)cc2cnc(C(F)(F)F)cc21. The van der Waals surface area contributed by atoms with Gasteiger partial charge in [-0.15, -0.1) is 0 Å². The first-order valence-electron chi connectivity index (χ1n) is 8.82. The zero-order chi connectivity index (χ0) is 22.4. The average molecular weight is 484 g/mol. The summed E-state index contributed by atoms with van der Waals surface area (Å²) in [5, 5.41) is 0.706. The second-order valence-electron chi connectivity index (χ2n) is 6.64. The van der Waals surface area contributed by atoms with E-state index in [0.717, 1.165) is 16.2 Å². The molecule has 0 N–H and O–H groups in total. The third-order valence-corrected chi connectivity index (χ3v) is 7.11. The van der Waals surface area contributed by atoms with Crippen molar-refractivity contribution in [2.24, 2.45) is 0 Å². The summed E-state index contributed by atoms with van der Waals surface area (Å²) in [5.74, 6) is 0. The minimum Gasteiger partial charge on any atom is -0.251 e. The van der Waals surface area contributed by atoms with E-state index in [4.69, 9.17) is 23.2 Å². The standard InChI is InChI=1S/C21H12Cl2F3N2O2S/c22-17-7-4-8-18(23)16(17)10-14-9-13-12-27-20(21(24,25)26)11-19(13)28(14)31(29,30)15-5-2-1-3-6-15/h1-7,9,11-12H,10H2. The van der Waals surface area contributed by atoms with Crippen LogP contribution < -0.4 is 0 Å². The number of benzene rings is 2. The Morgan fingerprint density at radius 2 is 1.77 bits per heavy atom. The average Bonchev–Trinajstić information content (AvgIpc) is 3.09. The quantitative estimate of drug-likeness (QED) is 0.358. The molecule has 4 nitrogen and oxygen atoms in total. The molecule has 0 aliphatic carbocycles. The van der Waals surface area contributed by atoms with E-state index in [2.05, 4.69) is 11.1 Å². The Bertz CT molecular complexity index is 1370. The van der Waals surface area contributed by atoms with Gasteiger partial charge in [0.15, 0.2) is 0 Å². The zero-order valence-corrected chi connectivity index (χ0v) is 17.8. The summed E-state index contributed by atoms with van der Waals surface area (Å²) in [7, 11) is -4.24. The van der Waals surface area contributed by atoms with Gasteiger partial charge in [0, 0.05) is 34.8 Å². The Hall–Kier alpha value is -2.55. The molecule has 0 saturated heterocycles. The summed E-state index contributed by atoms with van der Waals surface area (Å²) in [6.07, 6.45) is -3.78. The Morgan fingerprint density at radius 1 is 1.06 bits per heavy atom. The molecule has 0 atom stereocenters. The monoisotopic (exact) mass is 483 g/mol. The lowest BCUT2D eigenvalue weighted by Gasteiger charge is -2.14. The van der Waals surface area contributed by atoms with Crippen LogP contribution in [0.4, 0.5) is 13.2 Å². The van der Waals surface area contributed by atoms with Gasteiger partial charge >= 0.3 is 6.18 Å². The minimum absolute atomic E-state index is 0.0445. The molecule has 0 bridgehead atoms. The predicted molar refractivity (Wildman–Crippen MR) is 112 cm³/mol. The van der Waals surface area contributed by atoms with Gasteiger partial charge in [-0.2, -0.15) is 13.2 Å². The second kappa shape index (κ2) is 7.85. The Balaban J connectivity index is 2.01. The molecule has 4 rings (SSSR count). The molecule has 1 radical (unpaired) electrons. The van der Waals surface area contributed by atoms with E-state index in [1.165, 1.54) is 36.4 Å². The summed E-state index contributed by atoms with van der Waals surface area (Å²) >= 11 is 12.4. The molecule has 2 aromatic carbocycles. The van der Waals surface area contributed by atoms with Crippen LogP contribution in [-0.2, 0) is 22.6 Å². The van der Waals surface area contributed by atoms with Gasteiger partial charge in [-0.1, -0.05) is 47.5 Å². The molecule has 159 valence electrons. The summed E-state index contributed by atoms with van der Waals surface area (Å²) < 4.78 is 67.6. The fraction of sp³-hybridized carbons (Fsp3) is 0.0952. The molecular formula is C21H12Cl2F3N2O2S. The maximum atomic E-state index is 13.4. The number of hydrogen-bond donors (Lipinski definition) is 0. The smallest absolute Gasteiger partial charge is 0.251 e. The number of alkyl halides is 3. The number of pyridine rings is 1. The molecule has 2 heterocycles. The van der Waals surface area contributed by atoms with Crippen LogP contribution in [0.2, 0.25) is 10.0 Å². The maximum absolute atomic E-state index is 13.4. The molecule has 4 aromatic rings. The molecular weight excluding hydrogens is 472 g/mol. The summed E-state index contributed by atoms with van der Waals surface area (Å²) in [6, 6.07) is 15.5. The van der Waals surface area contributed by atoms with Crippen LogP contribution in [0.5, 0.6) is 0 Å². The van der Waals surface area contributed by atoms with Gasteiger partial charge in [0.05, 0.1) is 15.4 Å². The number of fused-ring (bicyclic) bond motifs is 1. The number of nitrogens with zero attached hydrogens (tertiary/aromatic N) is 2. The van der Waals surface area contributed by atoms with Crippen molar-refractivity contribution < 1.29 is 21.6 Å². The third-order valence-electron chi connectivity index (χ3n) is 4.64. The van der Waals surface area contributed by atoms with E-state index in [9.17, 15) is 21.6 Å². The lowest BCUT2D eigenvalue weighted by Crippen LogP contribution is -2.17. The lowest BCUT2D eigenvalue weighted by atomic mass is 10.1. The van der Waals surface area contributed by atoms with Crippen LogP contribution in [0, 0.1) is 6.07 Å². The Labute approximate surface area is 185 Å². The number of rotatable bonds is 4. The molecule has 0 saturated carbocycles. The van der Waals surface area contributed by atoms with Crippen molar-refractivity contribution in [1.29, 1.82) is 0 Å². The number of aromatic nitrogens is 2. The van der Waals surface area contributed by atoms with Crippen molar-refractivity contribution in [3.8, 4) is 0 Å². The molecule has 10 heteroatoms. The second-order valence-corrected chi connectivity index (χ2v) is 9.21. The van der Waals surface area contributed by atoms with Crippen LogP contribution in [-0.4, -0.2) is 17.4 Å². The van der Waals surface area contributed by atoms with Gasteiger partial charge in [0.1, 0.15) is 5.69 Å². The van der Waals surface area contributed by atoms with Crippen molar-refractivity contribution in [2.45, 2.75) is 17.5 Å². The largest absolute Gasteiger partial charge is 0.433 e. The van der Waals surface area contributed by atoms with Crippen molar-refractivity contribution in [3.63, 3.8) is 0 Å². The molecule has 0 amide bonds. The Kier molecular flexibility index (Phi) is 5.49. The fourth-order valence-corrected chi connectivity index (χ4v) is 5.28. The van der Waals surface area contributed by atoms with E-state index >= 15 is 0 Å². The number of halogens is 5. The first-order valence-corrected chi connectivity index (χ1v) is 11.0. The summed E-state index contributed by atoms with van der Waals surface area (Å²) in [6.45, 7) is 0. The van der Waals surface area contributed by atoms with Gasteiger partial charge in [-0.3, -0.25) is 4.98 Å². The normalized spacial score (nSPS) is 12.4. The molecule has 2 aromatic heterocycles. The van der Waals surface area contributed by atoms with E-state index in [1.807, 2.05) is 0 Å². The predicted octanol–water partition coefficient (Wildman–Crippen LogP) is 5.99. The van der Waals surface area contributed by atoms with Crippen LogP contribution in [0.25, 0.3) is 10.9 Å². The molecule has 0 unspecified atom stereocenters. The first-order chi connectivity index (χ1) is 14.6. The van der Waals surface area contributed by atoms with Crippen LogP contribution in [0.15, 0.2) is 65.7 Å². The van der Waals surface area contributed by atoms with Gasteiger partial charge in [-0.05, 0) is 35.9 Å². The van der Waals surface area contributed by atoms with Gasteiger partial charge in [0.25, 0.3) is 10.0 Å². The van der Waals surface area contributed by atoms with Gasteiger partial charge in [0.2, 0.25) is 0 Å². The van der Waals surface area contributed by atoms with Crippen molar-refractivity contribution in [2.75, 3.05) is 0 Å².